The number of hydrogen-bond acceptors (Lipinski definition) is 4. The van der Waals surface area contributed by atoms with Crippen LogP contribution in [0.5, 0.6) is 0 Å². The average molecular weight is 361 g/mol. The SMILES string of the molecule is Cc1c(N)cc(Br)cc1C(=O)N1CCCS(=O)(=O)CC1. The molecule has 0 aromatic heterocycles. The maximum absolute atomic E-state index is 12.5. The first-order valence-electron chi connectivity index (χ1n) is 6.35. The molecule has 1 aliphatic rings. The lowest BCUT2D eigenvalue weighted by molar-refractivity contribution is 0.0767. The number of benzene rings is 1. The summed E-state index contributed by atoms with van der Waals surface area (Å²) in [5.74, 6) is 0.0186. The van der Waals surface area contributed by atoms with Crippen LogP contribution in [0.15, 0.2) is 16.6 Å². The fourth-order valence-corrected chi connectivity index (χ4v) is 3.98. The van der Waals surface area contributed by atoms with E-state index in [1.807, 2.05) is 0 Å². The molecule has 1 saturated heterocycles. The predicted molar refractivity (Wildman–Crippen MR) is 82.5 cm³/mol. The Hall–Kier alpha value is -1.08. The summed E-state index contributed by atoms with van der Waals surface area (Å²) in [4.78, 5) is 14.1. The van der Waals surface area contributed by atoms with Crippen LogP contribution in [0.1, 0.15) is 22.3 Å². The molecule has 0 bridgehead atoms. The Morgan fingerprint density at radius 1 is 1.30 bits per heavy atom. The van der Waals surface area contributed by atoms with Crippen LogP contribution in [0.25, 0.3) is 0 Å². The number of anilines is 1. The zero-order chi connectivity index (χ0) is 14.9. The zero-order valence-corrected chi connectivity index (χ0v) is 13.6. The second kappa shape index (κ2) is 5.73. The Labute approximate surface area is 127 Å². The van der Waals surface area contributed by atoms with E-state index in [9.17, 15) is 13.2 Å². The number of carbonyl (C=O) groups excluding carboxylic acids is 1. The van der Waals surface area contributed by atoms with Crippen LogP contribution in [0.3, 0.4) is 0 Å². The minimum Gasteiger partial charge on any atom is -0.398 e. The third kappa shape index (κ3) is 3.32. The molecular weight excluding hydrogens is 344 g/mol. The molecule has 1 amide bonds. The number of sulfone groups is 1. The number of nitrogens with two attached hydrogens (primary N) is 1. The number of halogens is 1. The Morgan fingerprint density at radius 2 is 2.00 bits per heavy atom. The van der Waals surface area contributed by atoms with Crippen molar-refractivity contribution in [2.45, 2.75) is 13.3 Å². The van der Waals surface area contributed by atoms with E-state index in [1.165, 1.54) is 0 Å². The maximum Gasteiger partial charge on any atom is 0.254 e. The summed E-state index contributed by atoms with van der Waals surface area (Å²) >= 11 is 3.33. The molecule has 0 radical (unpaired) electrons. The van der Waals surface area contributed by atoms with Gasteiger partial charge in [0, 0.05) is 28.8 Å². The van der Waals surface area contributed by atoms with Gasteiger partial charge in [-0.1, -0.05) is 15.9 Å². The molecule has 0 unspecified atom stereocenters. The highest BCUT2D eigenvalue weighted by Crippen LogP contribution is 2.24. The number of nitrogens with zero attached hydrogens (tertiary/aromatic N) is 1. The molecule has 1 aliphatic heterocycles. The van der Waals surface area contributed by atoms with Crippen LogP contribution in [-0.4, -0.2) is 43.8 Å². The van der Waals surface area contributed by atoms with Crippen LogP contribution >= 0.6 is 15.9 Å². The molecule has 2 N–H and O–H groups in total. The van der Waals surface area contributed by atoms with E-state index in [0.717, 1.165) is 10.0 Å². The summed E-state index contributed by atoms with van der Waals surface area (Å²) < 4.78 is 23.9. The van der Waals surface area contributed by atoms with Gasteiger partial charge in [0.15, 0.2) is 9.84 Å². The van der Waals surface area contributed by atoms with Crippen molar-refractivity contribution in [3.05, 3.63) is 27.7 Å². The molecule has 110 valence electrons. The summed E-state index contributed by atoms with van der Waals surface area (Å²) in [5.41, 5.74) is 7.66. The van der Waals surface area contributed by atoms with Gasteiger partial charge in [0.25, 0.3) is 5.91 Å². The number of amides is 1. The minimum absolute atomic E-state index is 0.0290. The number of carbonyl (C=O) groups is 1. The van der Waals surface area contributed by atoms with E-state index in [-0.39, 0.29) is 24.0 Å². The average Bonchev–Trinajstić information content (AvgIpc) is 2.54. The molecule has 2 rings (SSSR count). The maximum atomic E-state index is 12.5. The number of nitrogen functional groups attached to an aromatic ring is 1. The molecule has 0 atom stereocenters. The first-order valence-corrected chi connectivity index (χ1v) is 8.97. The quantitative estimate of drug-likeness (QED) is 0.771. The Kier molecular flexibility index (Phi) is 4.39. The van der Waals surface area contributed by atoms with Gasteiger partial charge in [-0.3, -0.25) is 4.79 Å². The molecule has 7 heteroatoms. The lowest BCUT2D eigenvalue weighted by Gasteiger charge is -2.21. The normalized spacial score (nSPS) is 18.6. The molecule has 1 aromatic rings. The third-order valence-electron chi connectivity index (χ3n) is 3.49. The van der Waals surface area contributed by atoms with Gasteiger partial charge < -0.3 is 10.6 Å². The molecule has 1 fully saturated rings. The van der Waals surface area contributed by atoms with Gasteiger partial charge in [-0.25, -0.2) is 8.42 Å². The van der Waals surface area contributed by atoms with Gasteiger partial charge in [0.05, 0.1) is 11.5 Å². The summed E-state index contributed by atoms with van der Waals surface area (Å²) in [5, 5.41) is 0. The summed E-state index contributed by atoms with van der Waals surface area (Å²) in [6, 6.07) is 3.48. The largest absolute Gasteiger partial charge is 0.398 e. The Morgan fingerprint density at radius 3 is 2.70 bits per heavy atom. The summed E-state index contributed by atoms with van der Waals surface area (Å²) in [6.07, 6.45) is 0.483. The van der Waals surface area contributed by atoms with Crippen molar-refractivity contribution >= 4 is 37.4 Å². The van der Waals surface area contributed by atoms with E-state index in [1.54, 1.807) is 24.0 Å². The fourth-order valence-electron chi connectivity index (χ4n) is 2.23. The lowest BCUT2D eigenvalue weighted by atomic mass is 10.1. The second-order valence-electron chi connectivity index (χ2n) is 4.97. The Bertz CT molecular complexity index is 643. The Balaban J connectivity index is 2.28. The van der Waals surface area contributed by atoms with Crippen molar-refractivity contribution in [2.75, 3.05) is 30.3 Å². The highest BCUT2D eigenvalue weighted by atomic mass is 79.9. The van der Waals surface area contributed by atoms with Gasteiger partial charge in [0.1, 0.15) is 0 Å². The smallest absolute Gasteiger partial charge is 0.254 e. The van der Waals surface area contributed by atoms with Crippen molar-refractivity contribution < 1.29 is 13.2 Å². The van der Waals surface area contributed by atoms with Gasteiger partial charge >= 0.3 is 0 Å². The monoisotopic (exact) mass is 360 g/mol. The highest BCUT2D eigenvalue weighted by molar-refractivity contribution is 9.10. The molecular formula is C13H17BrN2O3S. The van der Waals surface area contributed by atoms with Crippen LogP contribution in [0.2, 0.25) is 0 Å². The van der Waals surface area contributed by atoms with Gasteiger partial charge in [0.2, 0.25) is 0 Å². The second-order valence-corrected chi connectivity index (χ2v) is 8.18. The van der Waals surface area contributed by atoms with Crippen LogP contribution < -0.4 is 5.73 Å². The molecule has 5 nitrogen and oxygen atoms in total. The minimum atomic E-state index is -3.02. The standard InChI is InChI=1S/C13H17BrN2O3S/c1-9-11(7-10(14)8-12(9)15)13(17)16-3-2-5-20(18,19)6-4-16/h7-8H,2-6,15H2,1H3. The molecule has 20 heavy (non-hydrogen) atoms. The van der Waals surface area contributed by atoms with Gasteiger partial charge in [-0.15, -0.1) is 0 Å². The van der Waals surface area contributed by atoms with Crippen LogP contribution in [-0.2, 0) is 9.84 Å². The van der Waals surface area contributed by atoms with Crippen molar-refractivity contribution in [3.8, 4) is 0 Å². The summed E-state index contributed by atoms with van der Waals surface area (Å²) in [7, 11) is -3.02. The topological polar surface area (TPSA) is 80.5 Å². The van der Waals surface area contributed by atoms with Gasteiger partial charge in [-0.05, 0) is 31.0 Å². The van der Waals surface area contributed by atoms with Crippen LogP contribution in [0, 0.1) is 6.92 Å². The van der Waals surface area contributed by atoms with Crippen molar-refractivity contribution in [2.24, 2.45) is 0 Å². The van der Waals surface area contributed by atoms with Crippen LogP contribution in [0.4, 0.5) is 5.69 Å². The zero-order valence-electron chi connectivity index (χ0n) is 11.2. The van der Waals surface area contributed by atoms with E-state index in [4.69, 9.17) is 5.73 Å². The lowest BCUT2D eigenvalue weighted by Crippen LogP contribution is -2.34. The molecule has 0 aliphatic carbocycles. The van der Waals surface area contributed by atoms with Crippen molar-refractivity contribution in [1.29, 1.82) is 0 Å². The molecule has 1 aromatic carbocycles. The molecule has 0 spiro atoms. The fraction of sp³-hybridized carbons (Fsp3) is 0.462. The molecule has 0 saturated carbocycles. The first-order chi connectivity index (χ1) is 9.30. The number of rotatable bonds is 1. The summed E-state index contributed by atoms with van der Waals surface area (Å²) in [6.45, 7) is 2.50. The molecule has 1 heterocycles. The van der Waals surface area contributed by atoms with E-state index >= 15 is 0 Å². The predicted octanol–water partition coefficient (Wildman–Crippen LogP) is 1.60. The highest BCUT2D eigenvalue weighted by Gasteiger charge is 2.24. The van der Waals surface area contributed by atoms with Gasteiger partial charge in [-0.2, -0.15) is 0 Å². The van der Waals surface area contributed by atoms with E-state index in [2.05, 4.69) is 15.9 Å². The van der Waals surface area contributed by atoms with E-state index in [0.29, 0.717) is 24.2 Å². The number of hydrogen-bond donors (Lipinski definition) is 1. The third-order valence-corrected chi connectivity index (χ3v) is 5.66. The van der Waals surface area contributed by atoms with E-state index < -0.39 is 9.84 Å². The first kappa shape index (κ1) is 15.3. The van der Waals surface area contributed by atoms with Crippen molar-refractivity contribution in [3.63, 3.8) is 0 Å². The van der Waals surface area contributed by atoms with Crippen molar-refractivity contribution in [1.82, 2.24) is 4.90 Å².